The molecule has 0 bridgehead atoms. The third-order valence-corrected chi connectivity index (χ3v) is 3.80. The van der Waals surface area contributed by atoms with Crippen molar-refractivity contribution in [2.45, 2.75) is 52.6 Å². The van der Waals surface area contributed by atoms with Crippen molar-refractivity contribution in [3.63, 3.8) is 0 Å². The molecule has 1 atom stereocenters. The molecule has 0 heterocycles. The van der Waals surface area contributed by atoms with Crippen molar-refractivity contribution in [1.29, 1.82) is 0 Å². The molecule has 0 spiro atoms. The Balaban J connectivity index is 2.24. The summed E-state index contributed by atoms with van der Waals surface area (Å²) in [5, 5.41) is 9.90. The van der Waals surface area contributed by atoms with E-state index in [2.05, 4.69) is 13.8 Å². The van der Waals surface area contributed by atoms with Gasteiger partial charge in [-0.2, -0.15) is 0 Å². The molecule has 1 N–H and O–H groups in total. The second-order valence-corrected chi connectivity index (χ2v) is 5.15. The molecule has 0 saturated heterocycles. The van der Waals surface area contributed by atoms with Crippen LogP contribution < -0.4 is 0 Å². The second-order valence-electron chi connectivity index (χ2n) is 5.15. The van der Waals surface area contributed by atoms with Gasteiger partial charge in [-0.25, -0.2) is 0 Å². The van der Waals surface area contributed by atoms with Crippen LogP contribution in [-0.4, -0.2) is 24.4 Å². The van der Waals surface area contributed by atoms with E-state index < -0.39 is 0 Å². The number of aliphatic hydroxyl groups excluding tert-OH is 1. The maximum Gasteiger partial charge on any atom is 0.0801 e. The third kappa shape index (κ3) is 4.12. The average molecular weight is 214 g/mol. The van der Waals surface area contributed by atoms with Crippen molar-refractivity contribution in [3.8, 4) is 0 Å². The predicted molar refractivity (Wildman–Crippen MR) is 62.8 cm³/mol. The van der Waals surface area contributed by atoms with Gasteiger partial charge < -0.3 is 9.84 Å². The summed E-state index contributed by atoms with van der Waals surface area (Å²) in [7, 11) is 0. The molecule has 1 rings (SSSR count). The Kier molecular flexibility index (Phi) is 5.62. The molecule has 0 aliphatic heterocycles. The molecule has 1 aliphatic rings. The van der Waals surface area contributed by atoms with Gasteiger partial charge in [0.15, 0.2) is 0 Å². The van der Waals surface area contributed by atoms with Crippen LogP contribution in [0.4, 0.5) is 0 Å². The fourth-order valence-electron chi connectivity index (χ4n) is 2.57. The Bertz CT molecular complexity index is 160. The highest BCUT2D eigenvalue weighted by Crippen LogP contribution is 2.34. The monoisotopic (exact) mass is 214 g/mol. The molecule has 0 amide bonds. The molecule has 15 heavy (non-hydrogen) atoms. The van der Waals surface area contributed by atoms with Gasteiger partial charge in [-0.3, -0.25) is 0 Å². The normalized spacial score (nSPS) is 29.4. The van der Waals surface area contributed by atoms with Gasteiger partial charge in [0.25, 0.3) is 0 Å². The van der Waals surface area contributed by atoms with Crippen LogP contribution in [0, 0.1) is 17.8 Å². The van der Waals surface area contributed by atoms with E-state index in [1.165, 1.54) is 25.7 Å². The minimum atomic E-state index is -0.238. The first kappa shape index (κ1) is 13.0. The summed E-state index contributed by atoms with van der Waals surface area (Å²) in [4.78, 5) is 0. The van der Waals surface area contributed by atoms with Crippen LogP contribution in [0.15, 0.2) is 0 Å². The highest BCUT2D eigenvalue weighted by atomic mass is 16.5. The molecule has 2 nitrogen and oxygen atoms in total. The first-order valence-corrected chi connectivity index (χ1v) is 6.41. The Morgan fingerprint density at radius 3 is 2.13 bits per heavy atom. The van der Waals surface area contributed by atoms with Crippen LogP contribution in [0.25, 0.3) is 0 Å². The Labute approximate surface area is 94.0 Å². The smallest absolute Gasteiger partial charge is 0.0801 e. The van der Waals surface area contributed by atoms with Crippen molar-refractivity contribution in [2.75, 3.05) is 13.2 Å². The maximum atomic E-state index is 9.90. The molecule has 1 aliphatic carbocycles. The van der Waals surface area contributed by atoms with E-state index in [1.807, 2.05) is 6.92 Å². The number of hydrogen-bond donors (Lipinski definition) is 1. The van der Waals surface area contributed by atoms with Crippen molar-refractivity contribution < 1.29 is 9.84 Å². The summed E-state index contributed by atoms with van der Waals surface area (Å²) in [5.74, 6) is 2.15. The standard InChI is InChI=1S/C13H26O2/c1-4-15-9-13(14)12-7-5-11(6-8-12)10(2)3/h10-14H,4-9H2,1-3H3. The highest BCUT2D eigenvalue weighted by molar-refractivity contribution is 4.78. The zero-order valence-corrected chi connectivity index (χ0v) is 10.4. The predicted octanol–water partition coefficient (Wildman–Crippen LogP) is 2.85. The van der Waals surface area contributed by atoms with E-state index in [0.717, 1.165) is 11.8 Å². The van der Waals surface area contributed by atoms with E-state index in [-0.39, 0.29) is 6.10 Å². The average Bonchev–Trinajstić information content (AvgIpc) is 2.26. The fraction of sp³-hybridized carbons (Fsp3) is 1.00. The molecule has 0 aromatic heterocycles. The fourth-order valence-corrected chi connectivity index (χ4v) is 2.57. The Morgan fingerprint density at radius 1 is 1.13 bits per heavy atom. The number of rotatable bonds is 5. The topological polar surface area (TPSA) is 29.5 Å². The van der Waals surface area contributed by atoms with Crippen LogP contribution in [0.1, 0.15) is 46.5 Å². The number of hydrogen-bond acceptors (Lipinski definition) is 2. The minimum Gasteiger partial charge on any atom is -0.390 e. The van der Waals surface area contributed by atoms with Crippen LogP contribution >= 0.6 is 0 Å². The van der Waals surface area contributed by atoms with Crippen molar-refractivity contribution in [1.82, 2.24) is 0 Å². The van der Waals surface area contributed by atoms with Gasteiger partial charge in [-0.05, 0) is 50.4 Å². The van der Waals surface area contributed by atoms with E-state index >= 15 is 0 Å². The molecular formula is C13H26O2. The van der Waals surface area contributed by atoms with Gasteiger partial charge in [-0.15, -0.1) is 0 Å². The summed E-state index contributed by atoms with van der Waals surface area (Å²) in [6.45, 7) is 7.82. The molecule has 1 saturated carbocycles. The minimum absolute atomic E-state index is 0.238. The zero-order chi connectivity index (χ0) is 11.3. The molecule has 0 radical (unpaired) electrons. The second kappa shape index (κ2) is 6.49. The lowest BCUT2D eigenvalue weighted by Gasteiger charge is -2.33. The van der Waals surface area contributed by atoms with Crippen LogP contribution in [0.2, 0.25) is 0 Å². The van der Waals surface area contributed by atoms with Gasteiger partial charge in [0.05, 0.1) is 12.7 Å². The first-order valence-electron chi connectivity index (χ1n) is 6.41. The SMILES string of the molecule is CCOCC(O)C1CCC(C(C)C)CC1. The zero-order valence-electron chi connectivity index (χ0n) is 10.4. The number of ether oxygens (including phenoxy) is 1. The van der Waals surface area contributed by atoms with E-state index in [0.29, 0.717) is 19.1 Å². The molecule has 1 fully saturated rings. The highest BCUT2D eigenvalue weighted by Gasteiger charge is 2.27. The van der Waals surface area contributed by atoms with E-state index in [9.17, 15) is 5.11 Å². The number of aliphatic hydroxyl groups is 1. The van der Waals surface area contributed by atoms with E-state index in [1.54, 1.807) is 0 Å². The molecule has 0 aromatic carbocycles. The van der Waals surface area contributed by atoms with Crippen LogP contribution in [0.5, 0.6) is 0 Å². The first-order chi connectivity index (χ1) is 7.15. The molecular weight excluding hydrogens is 188 g/mol. The summed E-state index contributed by atoms with van der Waals surface area (Å²) < 4.78 is 5.27. The largest absolute Gasteiger partial charge is 0.390 e. The van der Waals surface area contributed by atoms with Gasteiger partial charge in [0, 0.05) is 6.61 Å². The van der Waals surface area contributed by atoms with Gasteiger partial charge >= 0.3 is 0 Å². The molecule has 0 aromatic rings. The third-order valence-electron chi connectivity index (χ3n) is 3.80. The lowest BCUT2D eigenvalue weighted by molar-refractivity contribution is -0.00739. The van der Waals surface area contributed by atoms with Crippen LogP contribution in [0.3, 0.4) is 0 Å². The lowest BCUT2D eigenvalue weighted by Crippen LogP contribution is -2.30. The maximum absolute atomic E-state index is 9.90. The lowest BCUT2D eigenvalue weighted by atomic mass is 9.75. The summed E-state index contributed by atoms with van der Waals surface area (Å²) >= 11 is 0. The van der Waals surface area contributed by atoms with Crippen molar-refractivity contribution in [2.24, 2.45) is 17.8 Å². The van der Waals surface area contributed by atoms with Gasteiger partial charge in [-0.1, -0.05) is 13.8 Å². The molecule has 90 valence electrons. The Hall–Kier alpha value is -0.0800. The van der Waals surface area contributed by atoms with E-state index in [4.69, 9.17) is 4.74 Å². The quantitative estimate of drug-likeness (QED) is 0.762. The summed E-state index contributed by atoms with van der Waals surface area (Å²) in [6, 6.07) is 0. The Morgan fingerprint density at radius 2 is 1.67 bits per heavy atom. The van der Waals surface area contributed by atoms with Crippen molar-refractivity contribution >= 4 is 0 Å². The summed E-state index contributed by atoms with van der Waals surface area (Å²) in [6.07, 6.45) is 4.68. The van der Waals surface area contributed by atoms with Gasteiger partial charge in [0.2, 0.25) is 0 Å². The molecule has 1 unspecified atom stereocenters. The summed E-state index contributed by atoms with van der Waals surface area (Å²) in [5.41, 5.74) is 0. The molecule has 2 heteroatoms. The van der Waals surface area contributed by atoms with Gasteiger partial charge in [0.1, 0.15) is 0 Å². The van der Waals surface area contributed by atoms with Crippen LogP contribution in [-0.2, 0) is 4.74 Å². The van der Waals surface area contributed by atoms with Crippen molar-refractivity contribution in [3.05, 3.63) is 0 Å².